The summed E-state index contributed by atoms with van der Waals surface area (Å²) in [6.07, 6.45) is 1.02. The van der Waals surface area contributed by atoms with Crippen molar-refractivity contribution in [2.45, 2.75) is 38.3 Å². The first kappa shape index (κ1) is 25.0. The molecule has 1 aliphatic heterocycles. The van der Waals surface area contributed by atoms with Crippen molar-refractivity contribution in [2.24, 2.45) is 0 Å². The highest BCUT2D eigenvalue weighted by molar-refractivity contribution is 6.08. The van der Waals surface area contributed by atoms with Gasteiger partial charge in [0.05, 0.1) is 13.2 Å². The minimum absolute atomic E-state index is 0.274. The molecule has 0 bridgehead atoms. The Kier molecular flexibility index (Phi) is 7.38. The largest absolute Gasteiger partial charge is 0.497 e. The van der Waals surface area contributed by atoms with Crippen LogP contribution in [0.1, 0.15) is 37.4 Å². The summed E-state index contributed by atoms with van der Waals surface area (Å²) in [5, 5.41) is 5.66. The first-order valence-corrected chi connectivity index (χ1v) is 12.0. The SMILES string of the molecule is COc1ccc(CC[C@]2(C)NC(=O)N(CC(=O)N[C@@H](C)c3ccc(-c4ccccc4)cc3)C2=O)cc1. The summed E-state index contributed by atoms with van der Waals surface area (Å²) >= 11 is 0. The van der Waals surface area contributed by atoms with Crippen molar-refractivity contribution in [3.8, 4) is 16.9 Å². The number of benzene rings is 3. The molecule has 0 unspecified atom stereocenters. The van der Waals surface area contributed by atoms with Crippen LogP contribution in [0.25, 0.3) is 11.1 Å². The maximum absolute atomic E-state index is 13.1. The van der Waals surface area contributed by atoms with Gasteiger partial charge in [-0.15, -0.1) is 0 Å². The van der Waals surface area contributed by atoms with Gasteiger partial charge >= 0.3 is 6.03 Å². The van der Waals surface area contributed by atoms with Crippen molar-refractivity contribution >= 4 is 17.8 Å². The molecule has 2 atom stereocenters. The van der Waals surface area contributed by atoms with Gasteiger partial charge < -0.3 is 15.4 Å². The Morgan fingerprint density at radius 2 is 1.61 bits per heavy atom. The van der Waals surface area contributed by atoms with Gasteiger partial charge in [0.25, 0.3) is 5.91 Å². The lowest BCUT2D eigenvalue weighted by Crippen LogP contribution is -2.45. The van der Waals surface area contributed by atoms with Crippen LogP contribution in [0.3, 0.4) is 0 Å². The Bertz CT molecular complexity index is 1230. The zero-order valence-electron chi connectivity index (χ0n) is 20.8. The summed E-state index contributed by atoms with van der Waals surface area (Å²) in [7, 11) is 1.61. The van der Waals surface area contributed by atoms with Gasteiger partial charge in [0.1, 0.15) is 17.8 Å². The second-order valence-electron chi connectivity index (χ2n) is 9.28. The minimum Gasteiger partial charge on any atom is -0.497 e. The summed E-state index contributed by atoms with van der Waals surface area (Å²) < 4.78 is 5.17. The summed E-state index contributed by atoms with van der Waals surface area (Å²) in [4.78, 5) is 39.3. The number of urea groups is 1. The average molecular weight is 486 g/mol. The highest BCUT2D eigenvalue weighted by Crippen LogP contribution is 2.25. The molecule has 1 fully saturated rings. The number of carbonyl (C=O) groups is 3. The second kappa shape index (κ2) is 10.6. The quantitative estimate of drug-likeness (QED) is 0.438. The van der Waals surface area contributed by atoms with Gasteiger partial charge in [0, 0.05) is 0 Å². The van der Waals surface area contributed by atoms with Crippen molar-refractivity contribution in [1.82, 2.24) is 15.5 Å². The molecule has 1 saturated heterocycles. The number of methoxy groups -OCH3 is 1. The van der Waals surface area contributed by atoms with Crippen LogP contribution in [0.4, 0.5) is 4.79 Å². The average Bonchev–Trinajstić information content (AvgIpc) is 3.11. The van der Waals surface area contributed by atoms with Gasteiger partial charge in [-0.25, -0.2) is 4.79 Å². The van der Waals surface area contributed by atoms with Crippen LogP contribution in [0, 0.1) is 0 Å². The van der Waals surface area contributed by atoms with E-state index in [1.54, 1.807) is 14.0 Å². The predicted octanol–water partition coefficient (Wildman–Crippen LogP) is 4.48. The second-order valence-corrected chi connectivity index (χ2v) is 9.28. The number of amides is 4. The maximum Gasteiger partial charge on any atom is 0.325 e. The zero-order valence-corrected chi connectivity index (χ0v) is 20.8. The molecule has 4 rings (SSSR count). The van der Waals surface area contributed by atoms with Gasteiger partial charge in [-0.3, -0.25) is 14.5 Å². The molecule has 0 aromatic heterocycles. The van der Waals surface area contributed by atoms with E-state index in [0.29, 0.717) is 12.8 Å². The van der Waals surface area contributed by atoms with E-state index in [1.807, 2.05) is 85.8 Å². The van der Waals surface area contributed by atoms with Crippen molar-refractivity contribution in [1.29, 1.82) is 0 Å². The first-order valence-electron chi connectivity index (χ1n) is 12.0. The van der Waals surface area contributed by atoms with E-state index in [-0.39, 0.29) is 12.6 Å². The van der Waals surface area contributed by atoms with E-state index in [1.165, 1.54) is 0 Å². The van der Waals surface area contributed by atoms with Crippen LogP contribution in [0.2, 0.25) is 0 Å². The van der Waals surface area contributed by atoms with E-state index in [9.17, 15) is 14.4 Å². The number of ether oxygens (including phenoxy) is 1. The Morgan fingerprint density at radius 3 is 2.25 bits per heavy atom. The van der Waals surface area contributed by atoms with Gasteiger partial charge in [-0.2, -0.15) is 0 Å². The number of nitrogens with one attached hydrogen (secondary N) is 2. The number of nitrogens with zero attached hydrogens (tertiary/aromatic N) is 1. The Hall–Kier alpha value is -4.13. The first-order chi connectivity index (χ1) is 17.3. The normalized spacial score (nSPS) is 18.0. The Balaban J connectivity index is 1.33. The van der Waals surface area contributed by atoms with Crippen LogP contribution in [0.15, 0.2) is 78.9 Å². The fourth-order valence-corrected chi connectivity index (χ4v) is 4.36. The highest BCUT2D eigenvalue weighted by atomic mass is 16.5. The number of carbonyl (C=O) groups excluding carboxylic acids is 3. The molecule has 2 N–H and O–H groups in total. The molecule has 0 spiro atoms. The molecule has 7 heteroatoms. The number of aryl methyl sites for hydroxylation is 1. The predicted molar refractivity (Wildman–Crippen MR) is 138 cm³/mol. The fourth-order valence-electron chi connectivity index (χ4n) is 4.36. The van der Waals surface area contributed by atoms with Gasteiger partial charge in [-0.1, -0.05) is 66.7 Å². The summed E-state index contributed by atoms with van der Waals surface area (Å²) in [5.74, 6) is -0.0256. The third-order valence-electron chi connectivity index (χ3n) is 6.61. The van der Waals surface area contributed by atoms with Gasteiger partial charge in [-0.05, 0) is 61.1 Å². The van der Waals surface area contributed by atoms with E-state index in [0.717, 1.165) is 32.9 Å². The smallest absolute Gasteiger partial charge is 0.325 e. The van der Waals surface area contributed by atoms with Gasteiger partial charge in [0.15, 0.2) is 0 Å². The molecule has 0 saturated carbocycles. The molecule has 3 aromatic rings. The number of imide groups is 1. The van der Waals surface area contributed by atoms with Crippen LogP contribution in [-0.4, -0.2) is 41.9 Å². The molecule has 186 valence electrons. The third kappa shape index (κ3) is 5.57. The summed E-state index contributed by atoms with van der Waals surface area (Å²) in [6, 6.07) is 24.8. The highest BCUT2D eigenvalue weighted by Gasteiger charge is 2.47. The monoisotopic (exact) mass is 485 g/mol. The van der Waals surface area contributed by atoms with Gasteiger partial charge in [0.2, 0.25) is 5.91 Å². The molecule has 1 heterocycles. The summed E-state index contributed by atoms with van der Waals surface area (Å²) in [6.45, 7) is 3.25. The number of hydrogen-bond acceptors (Lipinski definition) is 4. The van der Waals surface area contributed by atoms with Crippen molar-refractivity contribution in [2.75, 3.05) is 13.7 Å². The van der Waals surface area contributed by atoms with E-state index in [4.69, 9.17) is 4.74 Å². The molecule has 0 aliphatic carbocycles. The lowest BCUT2D eigenvalue weighted by Gasteiger charge is -2.22. The molecule has 36 heavy (non-hydrogen) atoms. The van der Waals surface area contributed by atoms with E-state index >= 15 is 0 Å². The number of rotatable bonds is 9. The van der Waals surface area contributed by atoms with Crippen molar-refractivity contribution in [3.05, 3.63) is 90.0 Å². The molecular weight excluding hydrogens is 454 g/mol. The maximum atomic E-state index is 13.1. The van der Waals surface area contributed by atoms with Crippen LogP contribution in [-0.2, 0) is 16.0 Å². The van der Waals surface area contributed by atoms with E-state index < -0.39 is 23.4 Å². The topological polar surface area (TPSA) is 87.7 Å². The van der Waals surface area contributed by atoms with Crippen LogP contribution >= 0.6 is 0 Å². The molecule has 4 amide bonds. The Morgan fingerprint density at radius 1 is 0.972 bits per heavy atom. The lowest BCUT2D eigenvalue weighted by atomic mass is 9.93. The standard InChI is InChI=1S/C29H31N3O4/c1-20(22-11-13-24(14-12-22)23-7-5-4-6-8-23)30-26(33)19-32-27(34)29(2,31-28(32)35)18-17-21-9-15-25(36-3)16-10-21/h4-16,20H,17-19H2,1-3H3,(H,30,33)(H,31,35)/t20-,29-/m0/s1. The van der Waals surface area contributed by atoms with Crippen molar-refractivity contribution < 1.29 is 19.1 Å². The van der Waals surface area contributed by atoms with Crippen molar-refractivity contribution in [3.63, 3.8) is 0 Å². The fraction of sp³-hybridized carbons (Fsp3) is 0.276. The minimum atomic E-state index is -1.06. The molecule has 1 aliphatic rings. The van der Waals surface area contributed by atoms with Crippen LogP contribution < -0.4 is 15.4 Å². The van der Waals surface area contributed by atoms with E-state index in [2.05, 4.69) is 10.6 Å². The summed E-state index contributed by atoms with van der Waals surface area (Å²) in [5.41, 5.74) is 3.11. The molecular formula is C29H31N3O4. The zero-order chi connectivity index (χ0) is 25.7. The molecule has 3 aromatic carbocycles. The Labute approximate surface area is 211 Å². The molecule has 7 nitrogen and oxygen atoms in total. The lowest BCUT2D eigenvalue weighted by molar-refractivity contribution is -0.134. The van der Waals surface area contributed by atoms with Crippen LogP contribution in [0.5, 0.6) is 5.75 Å². The number of hydrogen-bond donors (Lipinski definition) is 2. The molecule has 0 radical (unpaired) electrons. The third-order valence-corrected chi connectivity index (χ3v) is 6.61.